The molecule has 0 saturated carbocycles. The van der Waals surface area contributed by atoms with E-state index in [1.807, 2.05) is 25.1 Å². The van der Waals surface area contributed by atoms with Crippen molar-refractivity contribution >= 4 is 22.7 Å². The van der Waals surface area contributed by atoms with Gasteiger partial charge in [-0.25, -0.2) is 4.98 Å². The van der Waals surface area contributed by atoms with Crippen molar-refractivity contribution in [3.8, 4) is 0 Å². The molecule has 1 unspecified atom stereocenters. The molecule has 0 aliphatic carbocycles. The Morgan fingerprint density at radius 3 is 2.81 bits per heavy atom. The molecule has 0 aliphatic heterocycles. The Hall–Kier alpha value is -1.06. The highest BCUT2D eigenvalue weighted by molar-refractivity contribution is 7.98. The average molecular weight is 232 g/mol. The summed E-state index contributed by atoms with van der Waals surface area (Å²) in [5, 5.41) is 2.28. The fourth-order valence-electron chi connectivity index (χ4n) is 1.81. The van der Waals surface area contributed by atoms with Crippen LogP contribution in [0.2, 0.25) is 0 Å². The van der Waals surface area contributed by atoms with Gasteiger partial charge in [0, 0.05) is 11.4 Å². The lowest BCUT2D eigenvalue weighted by Crippen LogP contribution is -2.18. The average Bonchev–Trinajstić information content (AvgIpc) is 2.27. The fourth-order valence-corrected chi connectivity index (χ4v) is 2.41. The molecule has 1 aromatic heterocycles. The molecule has 2 rings (SSSR count). The molecule has 0 saturated heterocycles. The highest BCUT2D eigenvalue weighted by Crippen LogP contribution is 2.24. The zero-order valence-electron chi connectivity index (χ0n) is 9.60. The number of benzene rings is 1. The second kappa shape index (κ2) is 4.85. The van der Waals surface area contributed by atoms with Gasteiger partial charge in [0.05, 0.1) is 10.5 Å². The van der Waals surface area contributed by atoms with Crippen LogP contribution in [0.5, 0.6) is 0 Å². The highest BCUT2D eigenvalue weighted by atomic mass is 32.2. The molecule has 2 N–H and O–H groups in total. The summed E-state index contributed by atoms with van der Waals surface area (Å²) in [4.78, 5) is 4.65. The minimum atomic E-state index is 0.175. The van der Waals surface area contributed by atoms with E-state index in [2.05, 4.69) is 23.4 Å². The maximum absolute atomic E-state index is 5.86. The Morgan fingerprint density at radius 2 is 2.12 bits per heavy atom. The SMILES string of the molecule is CSc1nc2ccccc2cc1CC(C)N. The smallest absolute Gasteiger partial charge is 0.0997 e. The van der Waals surface area contributed by atoms with Gasteiger partial charge in [0.15, 0.2) is 0 Å². The molecular weight excluding hydrogens is 216 g/mol. The summed E-state index contributed by atoms with van der Waals surface area (Å²) in [6.07, 6.45) is 2.94. The fraction of sp³-hybridized carbons (Fsp3) is 0.308. The van der Waals surface area contributed by atoms with Crippen LogP contribution in [0.25, 0.3) is 10.9 Å². The molecule has 0 fully saturated rings. The summed E-state index contributed by atoms with van der Waals surface area (Å²) >= 11 is 1.69. The van der Waals surface area contributed by atoms with E-state index in [4.69, 9.17) is 5.73 Å². The van der Waals surface area contributed by atoms with Crippen molar-refractivity contribution in [1.82, 2.24) is 4.98 Å². The third-order valence-electron chi connectivity index (χ3n) is 2.50. The number of nitrogens with zero attached hydrogens (tertiary/aromatic N) is 1. The lowest BCUT2D eigenvalue weighted by atomic mass is 10.1. The normalized spacial score (nSPS) is 12.9. The molecule has 2 aromatic rings. The van der Waals surface area contributed by atoms with Crippen molar-refractivity contribution in [3.63, 3.8) is 0 Å². The number of pyridine rings is 1. The standard InChI is InChI=1S/C13H16N2S/c1-9(14)7-11-8-10-5-3-4-6-12(10)15-13(11)16-2/h3-6,8-9H,7,14H2,1-2H3. The molecule has 0 bridgehead atoms. The molecule has 16 heavy (non-hydrogen) atoms. The second-order valence-electron chi connectivity index (χ2n) is 4.03. The van der Waals surface area contributed by atoms with Gasteiger partial charge in [-0.05, 0) is 37.3 Å². The van der Waals surface area contributed by atoms with Crippen molar-refractivity contribution in [2.24, 2.45) is 5.73 Å². The van der Waals surface area contributed by atoms with Crippen LogP contribution >= 0.6 is 11.8 Å². The van der Waals surface area contributed by atoms with E-state index in [-0.39, 0.29) is 6.04 Å². The first-order valence-corrected chi connectivity index (χ1v) is 6.61. The molecular formula is C13H16N2S. The summed E-state index contributed by atoms with van der Waals surface area (Å²) in [7, 11) is 0. The zero-order valence-corrected chi connectivity index (χ0v) is 10.4. The maximum Gasteiger partial charge on any atom is 0.0997 e. The molecule has 0 aliphatic rings. The van der Waals surface area contributed by atoms with E-state index in [9.17, 15) is 0 Å². The molecule has 0 amide bonds. The minimum absolute atomic E-state index is 0.175. The van der Waals surface area contributed by atoms with Gasteiger partial charge >= 0.3 is 0 Å². The predicted octanol–water partition coefficient (Wildman–Crippen LogP) is 2.85. The third-order valence-corrected chi connectivity index (χ3v) is 3.24. The van der Waals surface area contributed by atoms with Crippen molar-refractivity contribution in [1.29, 1.82) is 0 Å². The van der Waals surface area contributed by atoms with Crippen molar-refractivity contribution in [3.05, 3.63) is 35.9 Å². The quantitative estimate of drug-likeness (QED) is 0.827. The summed E-state index contributed by atoms with van der Waals surface area (Å²) in [6, 6.07) is 10.6. The molecule has 84 valence electrons. The number of para-hydroxylation sites is 1. The van der Waals surface area contributed by atoms with Crippen LogP contribution in [0.4, 0.5) is 0 Å². The first kappa shape index (κ1) is 11.4. The van der Waals surface area contributed by atoms with E-state index >= 15 is 0 Å². The molecule has 1 heterocycles. The molecule has 3 heteroatoms. The molecule has 1 atom stereocenters. The lowest BCUT2D eigenvalue weighted by molar-refractivity contribution is 0.724. The van der Waals surface area contributed by atoms with Gasteiger partial charge in [-0.1, -0.05) is 18.2 Å². The highest BCUT2D eigenvalue weighted by Gasteiger charge is 2.07. The topological polar surface area (TPSA) is 38.9 Å². The Morgan fingerprint density at radius 1 is 1.38 bits per heavy atom. The summed E-state index contributed by atoms with van der Waals surface area (Å²) < 4.78 is 0. The van der Waals surface area contributed by atoms with E-state index < -0.39 is 0 Å². The lowest BCUT2D eigenvalue weighted by Gasteiger charge is -2.10. The van der Waals surface area contributed by atoms with Crippen LogP contribution < -0.4 is 5.73 Å². The van der Waals surface area contributed by atoms with Crippen LogP contribution in [0.3, 0.4) is 0 Å². The van der Waals surface area contributed by atoms with Crippen LogP contribution in [0.1, 0.15) is 12.5 Å². The van der Waals surface area contributed by atoms with E-state index in [0.717, 1.165) is 17.0 Å². The largest absolute Gasteiger partial charge is 0.328 e. The van der Waals surface area contributed by atoms with Crippen molar-refractivity contribution in [2.75, 3.05) is 6.26 Å². The van der Waals surface area contributed by atoms with E-state index in [1.165, 1.54) is 10.9 Å². The predicted molar refractivity (Wildman–Crippen MR) is 70.9 cm³/mol. The Labute approximate surface area is 100 Å². The van der Waals surface area contributed by atoms with E-state index in [1.54, 1.807) is 11.8 Å². The summed E-state index contributed by atoms with van der Waals surface area (Å²) in [5.41, 5.74) is 8.16. The van der Waals surface area contributed by atoms with Gasteiger partial charge < -0.3 is 5.73 Å². The molecule has 0 radical (unpaired) electrons. The summed E-state index contributed by atoms with van der Waals surface area (Å²) in [6.45, 7) is 2.03. The van der Waals surface area contributed by atoms with Crippen LogP contribution in [-0.4, -0.2) is 17.3 Å². The molecule has 1 aromatic carbocycles. The van der Waals surface area contributed by atoms with Crippen molar-refractivity contribution < 1.29 is 0 Å². The molecule has 0 spiro atoms. The Balaban J connectivity index is 2.53. The molecule has 2 nitrogen and oxygen atoms in total. The van der Waals surface area contributed by atoms with Crippen LogP contribution in [0, 0.1) is 0 Å². The zero-order chi connectivity index (χ0) is 11.5. The first-order chi connectivity index (χ1) is 7.70. The van der Waals surface area contributed by atoms with Gasteiger partial charge in [-0.3, -0.25) is 0 Å². The van der Waals surface area contributed by atoms with Gasteiger partial charge in [0.2, 0.25) is 0 Å². The number of fused-ring (bicyclic) bond motifs is 1. The van der Waals surface area contributed by atoms with Gasteiger partial charge in [-0.2, -0.15) is 0 Å². The monoisotopic (exact) mass is 232 g/mol. The van der Waals surface area contributed by atoms with Gasteiger partial charge in [0.1, 0.15) is 0 Å². The number of nitrogens with two attached hydrogens (primary N) is 1. The second-order valence-corrected chi connectivity index (χ2v) is 4.83. The Kier molecular flexibility index (Phi) is 3.46. The maximum atomic E-state index is 5.86. The minimum Gasteiger partial charge on any atom is -0.328 e. The van der Waals surface area contributed by atoms with Gasteiger partial charge in [-0.15, -0.1) is 11.8 Å². The number of rotatable bonds is 3. The Bertz CT molecular complexity index is 494. The number of thioether (sulfide) groups is 1. The summed E-state index contributed by atoms with van der Waals surface area (Å²) in [5.74, 6) is 0. The van der Waals surface area contributed by atoms with E-state index in [0.29, 0.717) is 0 Å². The first-order valence-electron chi connectivity index (χ1n) is 5.39. The van der Waals surface area contributed by atoms with Crippen LogP contribution in [0.15, 0.2) is 35.4 Å². The number of aromatic nitrogens is 1. The number of hydrogen-bond donors (Lipinski definition) is 1. The third kappa shape index (κ3) is 2.36. The number of hydrogen-bond acceptors (Lipinski definition) is 3. The van der Waals surface area contributed by atoms with Crippen LogP contribution in [-0.2, 0) is 6.42 Å². The van der Waals surface area contributed by atoms with Gasteiger partial charge in [0.25, 0.3) is 0 Å². The van der Waals surface area contributed by atoms with Crippen molar-refractivity contribution in [2.45, 2.75) is 24.4 Å².